The molecule has 0 aromatic rings. The van der Waals surface area contributed by atoms with Crippen LogP contribution in [-0.2, 0) is 24.0 Å². The number of carboxylic acid groups (broad SMARTS) is 2. The van der Waals surface area contributed by atoms with Crippen LogP contribution in [0, 0.1) is 11.8 Å². The summed E-state index contributed by atoms with van der Waals surface area (Å²) < 4.78 is 0. The zero-order chi connectivity index (χ0) is 22.0. The molecule has 0 saturated carbocycles. The Bertz CT molecular complexity index is 592. The molecule has 0 heterocycles. The second kappa shape index (κ2) is 11.9. The van der Waals surface area contributed by atoms with Crippen LogP contribution in [0.2, 0.25) is 0 Å². The van der Waals surface area contributed by atoms with Gasteiger partial charge in [-0.3, -0.25) is 24.0 Å². The van der Waals surface area contributed by atoms with Crippen molar-refractivity contribution in [1.29, 1.82) is 0 Å². The number of hydrogen-bond donors (Lipinski definition) is 6. The molecule has 0 radical (unpaired) electrons. The van der Waals surface area contributed by atoms with Gasteiger partial charge in [0.15, 0.2) is 0 Å². The van der Waals surface area contributed by atoms with Crippen molar-refractivity contribution in [3.8, 4) is 0 Å². The molecule has 3 unspecified atom stereocenters. The van der Waals surface area contributed by atoms with E-state index in [-0.39, 0.29) is 24.7 Å². The minimum Gasteiger partial charge on any atom is -0.481 e. The van der Waals surface area contributed by atoms with Crippen LogP contribution in [0.15, 0.2) is 0 Å². The first-order valence-electron chi connectivity index (χ1n) is 8.94. The summed E-state index contributed by atoms with van der Waals surface area (Å²) in [5.74, 6) is -4.94. The molecule has 0 aliphatic rings. The van der Waals surface area contributed by atoms with E-state index in [0.29, 0.717) is 0 Å². The van der Waals surface area contributed by atoms with Crippen LogP contribution in [0.4, 0.5) is 0 Å². The van der Waals surface area contributed by atoms with Gasteiger partial charge in [-0.2, -0.15) is 0 Å². The predicted molar refractivity (Wildman–Crippen MR) is 99.0 cm³/mol. The maximum Gasteiger partial charge on any atom is 0.322 e. The Morgan fingerprint density at radius 1 is 0.786 bits per heavy atom. The van der Waals surface area contributed by atoms with Gasteiger partial charge in [-0.1, -0.05) is 27.7 Å². The molecule has 0 aliphatic heterocycles. The SMILES string of the molecule is CC(C)C(NC(=O)C(N)CCC(=O)O)C(=O)NC(C(=O)NCC(=O)O)C(C)C. The van der Waals surface area contributed by atoms with E-state index in [1.165, 1.54) is 0 Å². The number of aliphatic carboxylic acids is 2. The molecule has 3 atom stereocenters. The standard InChI is InChI=1S/C17H30N4O7/c1-8(2)13(16(27)19-7-12(24)25)21-17(28)14(9(3)4)20-15(26)10(18)5-6-11(22)23/h8-10,13-14H,5-7,18H2,1-4H3,(H,19,27)(H,20,26)(H,21,28)(H,22,23)(H,24,25). The lowest BCUT2D eigenvalue weighted by atomic mass is 9.99. The number of nitrogens with two attached hydrogens (primary N) is 1. The lowest BCUT2D eigenvalue weighted by Crippen LogP contribution is -2.58. The monoisotopic (exact) mass is 402 g/mol. The predicted octanol–water partition coefficient (Wildman–Crippen LogP) is -1.34. The molecule has 0 saturated heterocycles. The third kappa shape index (κ3) is 9.31. The smallest absolute Gasteiger partial charge is 0.322 e. The van der Waals surface area contributed by atoms with Crippen LogP contribution < -0.4 is 21.7 Å². The van der Waals surface area contributed by atoms with Crippen molar-refractivity contribution in [2.75, 3.05) is 6.54 Å². The molecule has 0 rings (SSSR count). The number of amides is 3. The number of carboxylic acids is 2. The molecular formula is C17H30N4O7. The number of nitrogens with one attached hydrogen (secondary N) is 3. The fourth-order valence-electron chi connectivity index (χ4n) is 2.26. The van der Waals surface area contributed by atoms with Crippen molar-refractivity contribution in [1.82, 2.24) is 16.0 Å². The fraction of sp³-hybridized carbons (Fsp3) is 0.706. The summed E-state index contributed by atoms with van der Waals surface area (Å²) in [6.45, 7) is 6.14. The van der Waals surface area contributed by atoms with E-state index >= 15 is 0 Å². The van der Waals surface area contributed by atoms with E-state index in [1.807, 2.05) is 0 Å². The Hall–Kier alpha value is -2.69. The van der Waals surface area contributed by atoms with E-state index in [0.717, 1.165) is 0 Å². The van der Waals surface area contributed by atoms with Crippen LogP contribution in [-0.4, -0.2) is 64.5 Å². The molecular weight excluding hydrogens is 372 g/mol. The lowest BCUT2D eigenvalue weighted by molar-refractivity contribution is -0.139. The number of rotatable bonds is 12. The summed E-state index contributed by atoms with van der Waals surface area (Å²) in [5.41, 5.74) is 5.65. The van der Waals surface area contributed by atoms with E-state index in [9.17, 15) is 24.0 Å². The molecule has 0 aliphatic carbocycles. The normalized spacial score (nSPS) is 14.1. The van der Waals surface area contributed by atoms with Crippen LogP contribution in [0.25, 0.3) is 0 Å². The average Bonchev–Trinajstić information content (AvgIpc) is 2.58. The van der Waals surface area contributed by atoms with Crippen molar-refractivity contribution in [3.05, 3.63) is 0 Å². The molecule has 0 aromatic carbocycles. The highest BCUT2D eigenvalue weighted by Crippen LogP contribution is 2.07. The molecule has 160 valence electrons. The Morgan fingerprint density at radius 3 is 1.68 bits per heavy atom. The third-order valence-electron chi connectivity index (χ3n) is 3.91. The maximum atomic E-state index is 12.6. The van der Waals surface area contributed by atoms with Crippen LogP contribution in [0.5, 0.6) is 0 Å². The first-order chi connectivity index (χ1) is 12.9. The summed E-state index contributed by atoms with van der Waals surface area (Å²) in [6.07, 6.45) is -0.369. The third-order valence-corrected chi connectivity index (χ3v) is 3.91. The first-order valence-corrected chi connectivity index (χ1v) is 8.94. The highest BCUT2D eigenvalue weighted by Gasteiger charge is 2.31. The summed E-state index contributed by atoms with van der Waals surface area (Å²) >= 11 is 0. The topological polar surface area (TPSA) is 188 Å². The summed E-state index contributed by atoms with van der Waals surface area (Å²) in [6, 6.07) is -3.09. The number of carbonyl (C=O) groups is 5. The van der Waals surface area contributed by atoms with Gasteiger partial charge >= 0.3 is 11.9 Å². The van der Waals surface area contributed by atoms with Gasteiger partial charge in [-0.15, -0.1) is 0 Å². The number of carbonyl (C=O) groups excluding carboxylic acids is 3. The largest absolute Gasteiger partial charge is 0.481 e. The Balaban J connectivity index is 5.06. The molecule has 11 nitrogen and oxygen atoms in total. The maximum absolute atomic E-state index is 12.6. The minimum absolute atomic E-state index is 0.0835. The van der Waals surface area contributed by atoms with Crippen LogP contribution >= 0.6 is 0 Å². The summed E-state index contributed by atoms with van der Waals surface area (Å²) in [5, 5.41) is 24.5. The van der Waals surface area contributed by atoms with Crippen molar-refractivity contribution >= 4 is 29.7 Å². The van der Waals surface area contributed by atoms with Gasteiger partial charge in [0.25, 0.3) is 0 Å². The Kier molecular flexibility index (Phi) is 10.8. The molecule has 28 heavy (non-hydrogen) atoms. The molecule has 7 N–H and O–H groups in total. The van der Waals surface area contributed by atoms with Gasteiger partial charge in [0.2, 0.25) is 17.7 Å². The quantitative estimate of drug-likeness (QED) is 0.231. The molecule has 11 heteroatoms. The van der Waals surface area contributed by atoms with Crippen molar-refractivity contribution in [2.24, 2.45) is 17.6 Å². The molecule has 0 bridgehead atoms. The van der Waals surface area contributed by atoms with Gasteiger partial charge in [0.1, 0.15) is 18.6 Å². The van der Waals surface area contributed by atoms with Gasteiger partial charge in [0.05, 0.1) is 6.04 Å². The Labute approximate surface area is 163 Å². The second-order valence-electron chi connectivity index (χ2n) is 7.11. The van der Waals surface area contributed by atoms with Gasteiger partial charge in [-0.25, -0.2) is 0 Å². The molecule has 3 amide bonds. The van der Waals surface area contributed by atoms with Crippen molar-refractivity contribution in [3.63, 3.8) is 0 Å². The summed E-state index contributed by atoms with van der Waals surface area (Å²) in [4.78, 5) is 58.1. The van der Waals surface area contributed by atoms with E-state index < -0.39 is 54.3 Å². The highest BCUT2D eigenvalue weighted by atomic mass is 16.4. The van der Waals surface area contributed by atoms with Gasteiger partial charge in [-0.05, 0) is 18.3 Å². The second-order valence-corrected chi connectivity index (χ2v) is 7.11. The molecule has 0 spiro atoms. The highest BCUT2D eigenvalue weighted by molar-refractivity contribution is 5.94. The zero-order valence-electron chi connectivity index (χ0n) is 16.5. The van der Waals surface area contributed by atoms with Crippen molar-refractivity contribution in [2.45, 2.75) is 58.7 Å². The summed E-state index contributed by atoms with van der Waals surface area (Å²) in [7, 11) is 0. The molecule has 0 aromatic heterocycles. The van der Waals surface area contributed by atoms with E-state index in [2.05, 4.69) is 16.0 Å². The van der Waals surface area contributed by atoms with Gasteiger partial charge < -0.3 is 31.9 Å². The first kappa shape index (κ1) is 25.3. The zero-order valence-corrected chi connectivity index (χ0v) is 16.5. The van der Waals surface area contributed by atoms with E-state index in [1.54, 1.807) is 27.7 Å². The van der Waals surface area contributed by atoms with E-state index in [4.69, 9.17) is 15.9 Å². The minimum atomic E-state index is -1.22. The van der Waals surface area contributed by atoms with Crippen LogP contribution in [0.1, 0.15) is 40.5 Å². The Morgan fingerprint density at radius 2 is 1.25 bits per heavy atom. The average molecular weight is 402 g/mol. The van der Waals surface area contributed by atoms with Crippen molar-refractivity contribution < 1.29 is 34.2 Å². The van der Waals surface area contributed by atoms with Gasteiger partial charge in [0, 0.05) is 6.42 Å². The number of hydrogen-bond acceptors (Lipinski definition) is 6. The lowest BCUT2D eigenvalue weighted by Gasteiger charge is -2.27. The molecule has 0 fully saturated rings. The van der Waals surface area contributed by atoms with Crippen LogP contribution in [0.3, 0.4) is 0 Å². The fourth-order valence-corrected chi connectivity index (χ4v) is 2.26.